The molecule has 0 unspecified atom stereocenters. The number of aromatic nitrogens is 2. The summed E-state index contributed by atoms with van der Waals surface area (Å²) in [5.74, 6) is 0.816. The number of aromatic amines is 1. The monoisotopic (exact) mass is 295 g/mol. The van der Waals surface area contributed by atoms with Crippen molar-refractivity contribution in [1.82, 2.24) is 9.55 Å². The Bertz CT molecular complexity index is 902. The van der Waals surface area contributed by atoms with Gasteiger partial charge in [0.05, 0.1) is 30.3 Å². The van der Waals surface area contributed by atoms with Gasteiger partial charge in [0.1, 0.15) is 11.8 Å². The predicted octanol–water partition coefficient (Wildman–Crippen LogP) is 3.63. The Kier molecular flexibility index (Phi) is 3.46. The summed E-state index contributed by atoms with van der Waals surface area (Å²) in [7, 11) is 1.65. The van der Waals surface area contributed by atoms with Gasteiger partial charge in [-0.15, -0.1) is 0 Å². The lowest BCUT2D eigenvalue weighted by Gasteiger charge is -2.07. The highest BCUT2D eigenvalue weighted by molar-refractivity contribution is 7.71. The fraction of sp³-hybridized carbons (Fsp3) is 0.125. The molecule has 0 amide bonds. The molecule has 2 aromatic carbocycles. The molecule has 104 valence electrons. The first-order valence-electron chi connectivity index (χ1n) is 6.47. The number of para-hydroxylation sites is 1. The van der Waals surface area contributed by atoms with Crippen LogP contribution in [0.25, 0.3) is 11.0 Å². The molecular formula is C16H13N3OS. The van der Waals surface area contributed by atoms with E-state index in [2.05, 4.69) is 11.1 Å². The van der Waals surface area contributed by atoms with Crippen molar-refractivity contribution in [1.29, 1.82) is 5.26 Å². The number of hydrogen-bond acceptors (Lipinski definition) is 3. The molecule has 0 fully saturated rings. The van der Waals surface area contributed by atoms with Crippen LogP contribution in [-0.4, -0.2) is 16.7 Å². The van der Waals surface area contributed by atoms with Gasteiger partial charge in [-0.25, -0.2) is 0 Å². The standard InChI is InChI=1S/C16H13N3OS/c1-20-13-6-2-4-11(8-13)10-19-14-7-3-5-12(9-17)15(14)18-16(19)21/h2-8H,10H2,1H3,(H,18,21). The first-order chi connectivity index (χ1) is 10.2. The normalized spacial score (nSPS) is 10.5. The summed E-state index contributed by atoms with van der Waals surface area (Å²) in [5, 5.41) is 9.16. The molecule has 0 radical (unpaired) electrons. The minimum absolute atomic E-state index is 0.600. The Balaban J connectivity index is 2.11. The molecule has 3 aromatic rings. The molecule has 1 N–H and O–H groups in total. The van der Waals surface area contributed by atoms with E-state index in [4.69, 9.17) is 22.2 Å². The van der Waals surface area contributed by atoms with Crippen molar-refractivity contribution in [2.75, 3.05) is 7.11 Å². The van der Waals surface area contributed by atoms with Gasteiger partial charge in [-0.1, -0.05) is 18.2 Å². The number of rotatable bonds is 3. The third-order valence-corrected chi connectivity index (χ3v) is 3.73. The lowest BCUT2D eigenvalue weighted by molar-refractivity contribution is 0.414. The van der Waals surface area contributed by atoms with E-state index in [0.29, 0.717) is 16.9 Å². The number of H-pyrrole nitrogens is 1. The zero-order valence-corrected chi connectivity index (χ0v) is 12.3. The molecule has 0 saturated carbocycles. The van der Waals surface area contributed by atoms with E-state index in [1.54, 1.807) is 13.2 Å². The van der Waals surface area contributed by atoms with E-state index in [-0.39, 0.29) is 0 Å². The highest BCUT2D eigenvalue weighted by Gasteiger charge is 2.08. The van der Waals surface area contributed by atoms with Crippen molar-refractivity contribution < 1.29 is 4.74 Å². The van der Waals surface area contributed by atoms with E-state index in [1.807, 2.05) is 41.0 Å². The van der Waals surface area contributed by atoms with Crippen molar-refractivity contribution in [3.63, 3.8) is 0 Å². The minimum Gasteiger partial charge on any atom is -0.497 e. The van der Waals surface area contributed by atoms with E-state index in [0.717, 1.165) is 22.3 Å². The van der Waals surface area contributed by atoms with Crippen molar-refractivity contribution >= 4 is 23.3 Å². The van der Waals surface area contributed by atoms with Crippen molar-refractivity contribution in [2.24, 2.45) is 0 Å². The maximum absolute atomic E-state index is 9.16. The van der Waals surface area contributed by atoms with Gasteiger partial charge in [-0.05, 0) is 42.0 Å². The average Bonchev–Trinajstić information content (AvgIpc) is 2.83. The van der Waals surface area contributed by atoms with Crippen LogP contribution in [-0.2, 0) is 6.54 Å². The topological polar surface area (TPSA) is 53.7 Å². The Morgan fingerprint density at radius 1 is 1.29 bits per heavy atom. The summed E-state index contributed by atoms with van der Waals surface area (Å²) in [4.78, 5) is 3.12. The molecular weight excluding hydrogens is 282 g/mol. The SMILES string of the molecule is COc1cccc(Cn2c(=S)[nH]c3c(C#N)cccc32)c1. The van der Waals surface area contributed by atoms with E-state index >= 15 is 0 Å². The van der Waals surface area contributed by atoms with Gasteiger partial charge in [0.15, 0.2) is 4.77 Å². The molecule has 0 aliphatic carbocycles. The van der Waals surface area contributed by atoms with Gasteiger partial charge in [0.25, 0.3) is 0 Å². The first-order valence-corrected chi connectivity index (χ1v) is 6.88. The second-order valence-corrected chi connectivity index (χ2v) is 5.07. The molecule has 0 bridgehead atoms. The number of fused-ring (bicyclic) bond motifs is 1. The largest absolute Gasteiger partial charge is 0.497 e. The lowest BCUT2D eigenvalue weighted by atomic mass is 10.2. The summed E-state index contributed by atoms with van der Waals surface area (Å²) in [5.41, 5.74) is 3.41. The third kappa shape index (κ3) is 2.41. The molecule has 1 heterocycles. The molecule has 21 heavy (non-hydrogen) atoms. The summed E-state index contributed by atoms with van der Waals surface area (Å²) >= 11 is 5.39. The Morgan fingerprint density at radius 3 is 2.86 bits per heavy atom. The second-order valence-electron chi connectivity index (χ2n) is 4.68. The maximum atomic E-state index is 9.16. The molecule has 0 spiro atoms. The van der Waals surface area contributed by atoms with Crippen LogP contribution in [0, 0.1) is 16.1 Å². The number of methoxy groups -OCH3 is 1. The Hall–Kier alpha value is -2.58. The maximum Gasteiger partial charge on any atom is 0.178 e. The van der Waals surface area contributed by atoms with Gasteiger partial charge in [0, 0.05) is 0 Å². The van der Waals surface area contributed by atoms with Gasteiger partial charge >= 0.3 is 0 Å². The van der Waals surface area contributed by atoms with Crippen LogP contribution in [0.5, 0.6) is 5.75 Å². The number of nitriles is 1. The molecule has 3 rings (SSSR count). The number of nitrogens with one attached hydrogen (secondary N) is 1. The number of benzene rings is 2. The molecule has 4 nitrogen and oxygen atoms in total. The number of nitrogens with zero attached hydrogens (tertiary/aromatic N) is 2. The molecule has 5 heteroatoms. The number of imidazole rings is 1. The van der Waals surface area contributed by atoms with Crippen molar-refractivity contribution in [2.45, 2.75) is 6.54 Å². The zero-order chi connectivity index (χ0) is 14.8. The van der Waals surface area contributed by atoms with Crippen LogP contribution >= 0.6 is 12.2 Å². The smallest absolute Gasteiger partial charge is 0.178 e. The third-order valence-electron chi connectivity index (χ3n) is 3.41. The van der Waals surface area contributed by atoms with Crippen LogP contribution < -0.4 is 4.74 Å². The average molecular weight is 295 g/mol. The highest BCUT2D eigenvalue weighted by Crippen LogP contribution is 2.20. The van der Waals surface area contributed by atoms with Crippen molar-refractivity contribution in [3.8, 4) is 11.8 Å². The Morgan fingerprint density at radius 2 is 2.10 bits per heavy atom. The number of hydrogen-bond donors (Lipinski definition) is 1. The minimum atomic E-state index is 0.600. The van der Waals surface area contributed by atoms with Gasteiger partial charge in [-0.2, -0.15) is 5.26 Å². The quantitative estimate of drug-likeness (QED) is 0.751. The number of ether oxygens (including phenoxy) is 1. The molecule has 0 aliphatic heterocycles. The second kappa shape index (κ2) is 5.43. The highest BCUT2D eigenvalue weighted by atomic mass is 32.1. The van der Waals surface area contributed by atoms with Crippen LogP contribution in [0.2, 0.25) is 0 Å². The molecule has 0 aliphatic rings. The van der Waals surface area contributed by atoms with Gasteiger partial charge in [-0.3, -0.25) is 0 Å². The van der Waals surface area contributed by atoms with Gasteiger partial charge in [0.2, 0.25) is 0 Å². The molecule has 1 aromatic heterocycles. The summed E-state index contributed by atoms with van der Waals surface area (Å²) < 4.78 is 7.84. The van der Waals surface area contributed by atoms with E-state index < -0.39 is 0 Å². The summed E-state index contributed by atoms with van der Waals surface area (Å²) in [6, 6.07) is 15.7. The first kappa shape index (κ1) is 13.4. The predicted molar refractivity (Wildman–Crippen MR) is 83.9 cm³/mol. The van der Waals surface area contributed by atoms with Crippen LogP contribution in [0.15, 0.2) is 42.5 Å². The Labute approximate surface area is 127 Å². The van der Waals surface area contributed by atoms with E-state index in [9.17, 15) is 0 Å². The lowest BCUT2D eigenvalue weighted by Crippen LogP contribution is -2.00. The fourth-order valence-electron chi connectivity index (χ4n) is 2.38. The fourth-order valence-corrected chi connectivity index (χ4v) is 2.65. The molecule has 0 saturated heterocycles. The summed E-state index contributed by atoms with van der Waals surface area (Å²) in [6.07, 6.45) is 0. The van der Waals surface area contributed by atoms with E-state index in [1.165, 1.54) is 0 Å². The van der Waals surface area contributed by atoms with Crippen LogP contribution in [0.3, 0.4) is 0 Å². The van der Waals surface area contributed by atoms with Crippen LogP contribution in [0.1, 0.15) is 11.1 Å². The zero-order valence-electron chi connectivity index (χ0n) is 11.5. The van der Waals surface area contributed by atoms with Gasteiger partial charge < -0.3 is 14.3 Å². The summed E-state index contributed by atoms with van der Waals surface area (Å²) in [6.45, 7) is 0.630. The molecule has 0 atom stereocenters. The van der Waals surface area contributed by atoms with Crippen LogP contribution in [0.4, 0.5) is 0 Å². The van der Waals surface area contributed by atoms with Crippen molar-refractivity contribution in [3.05, 3.63) is 58.4 Å².